The molecule has 1 N–H and O–H groups in total. The summed E-state index contributed by atoms with van der Waals surface area (Å²) in [5, 5.41) is 13.3. The number of nitro groups is 1. The van der Waals surface area contributed by atoms with Crippen molar-refractivity contribution in [3.05, 3.63) is 39.4 Å². The van der Waals surface area contributed by atoms with E-state index in [-0.39, 0.29) is 17.9 Å². The normalized spacial score (nSPS) is 11.6. The minimum atomic E-state index is -0.872. The number of nitrogens with zero attached hydrogens (tertiary/aromatic N) is 1. The molecular weight excluding hydrogens is 264 g/mol. The molecule has 0 aliphatic carbocycles. The Morgan fingerprint density at radius 1 is 1.45 bits per heavy atom. The number of carbonyl (C=O) groups is 2. The van der Waals surface area contributed by atoms with Crippen molar-refractivity contribution in [1.82, 2.24) is 5.32 Å². The van der Waals surface area contributed by atoms with Crippen LogP contribution in [0.25, 0.3) is 0 Å². The molecule has 7 nitrogen and oxygen atoms in total. The Kier molecular flexibility index (Phi) is 5.19. The van der Waals surface area contributed by atoms with Gasteiger partial charge in [0.2, 0.25) is 0 Å². The Morgan fingerprint density at radius 2 is 2.10 bits per heavy atom. The van der Waals surface area contributed by atoms with Crippen LogP contribution in [-0.4, -0.2) is 29.4 Å². The summed E-state index contributed by atoms with van der Waals surface area (Å²) in [6, 6.07) is 3.39. The minimum absolute atomic E-state index is 0.0863. The summed E-state index contributed by atoms with van der Waals surface area (Å²) in [4.78, 5) is 33.7. The van der Waals surface area contributed by atoms with Crippen molar-refractivity contribution < 1.29 is 19.2 Å². The summed E-state index contributed by atoms with van der Waals surface area (Å²) in [5.41, 5.74) is 0.294. The standard InChI is InChI=1S/C13H16N2O5/c1-4-20-13(17)9(3)14-12(16)10-6-5-8(2)7-11(10)15(18)19/h5-7,9H,4H2,1-3H3,(H,14,16). The van der Waals surface area contributed by atoms with Crippen molar-refractivity contribution in [2.75, 3.05) is 6.61 Å². The van der Waals surface area contributed by atoms with Crippen molar-refractivity contribution in [3.8, 4) is 0 Å². The summed E-state index contributed by atoms with van der Waals surface area (Å²) >= 11 is 0. The summed E-state index contributed by atoms with van der Waals surface area (Å²) in [6.07, 6.45) is 0. The molecule has 1 aromatic rings. The maximum absolute atomic E-state index is 12.0. The number of carbonyl (C=O) groups excluding carboxylic acids is 2. The van der Waals surface area contributed by atoms with E-state index in [4.69, 9.17) is 4.74 Å². The molecule has 0 fully saturated rings. The van der Waals surface area contributed by atoms with E-state index in [1.54, 1.807) is 19.9 Å². The van der Waals surface area contributed by atoms with Crippen LogP contribution in [0.3, 0.4) is 0 Å². The molecule has 0 saturated heterocycles. The van der Waals surface area contributed by atoms with E-state index in [0.717, 1.165) is 0 Å². The number of aryl methyl sites for hydroxylation is 1. The molecule has 7 heteroatoms. The monoisotopic (exact) mass is 280 g/mol. The highest BCUT2D eigenvalue weighted by atomic mass is 16.6. The van der Waals surface area contributed by atoms with Crippen LogP contribution in [0, 0.1) is 17.0 Å². The molecule has 0 radical (unpaired) electrons. The lowest BCUT2D eigenvalue weighted by atomic mass is 10.1. The molecule has 0 bridgehead atoms. The highest BCUT2D eigenvalue weighted by Crippen LogP contribution is 2.20. The van der Waals surface area contributed by atoms with Crippen molar-refractivity contribution in [1.29, 1.82) is 0 Å². The Bertz CT molecular complexity index is 542. The molecule has 1 unspecified atom stereocenters. The number of hydrogen-bond donors (Lipinski definition) is 1. The van der Waals surface area contributed by atoms with E-state index >= 15 is 0 Å². The smallest absolute Gasteiger partial charge is 0.328 e. The fourth-order valence-corrected chi connectivity index (χ4v) is 1.59. The molecule has 1 rings (SSSR count). The van der Waals surface area contributed by atoms with Crippen LogP contribution < -0.4 is 5.32 Å². The summed E-state index contributed by atoms with van der Waals surface area (Å²) in [6.45, 7) is 4.99. The van der Waals surface area contributed by atoms with Gasteiger partial charge in [0.05, 0.1) is 11.5 Å². The predicted molar refractivity (Wildman–Crippen MR) is 71.4 cm³/mol. The number of ether oxygens (including phenoxy) is 1. The molecule has 0 heterocycles. The first kappa shape index (κ1) is 15.6. The molecule has 1 atom stereocenters. The lowest BCUT2D eigenvalue weighted by Crippen LogP contribution is -2.39. The van der Waals surface area contributed by atoms with Gasteiger partial charge in [-0.25, -0.2) is 4.79 Å². The van der Waals surface area contributed by atoms with Crippen molar-refractivity contribution in [2.45, 2.75) is 26.8 Å². The van der Waals surface area contributed by atoms with E-state index in [9.17, 15) is 19.7 Å². The Morgan fingerprint density at radius 3 is 2.65 bits per heavy atom. The molecule has 1 amide bonds. The van der Waals surface area contributed by atoms with Crippen molar-refractivity contribution >= 4 is 17.6 Å². The van der Waals surface area contributed by atoms with Gasteiger partial charge in [0.1, 0.15) is 11.6 Å². The molecule has 1 aromatic carbocycles. The molecule has 0 spiro atoms. The number of benzene rings is 1. The van der Waals surface area contributed by atoms with Gasteiger partial charge < -0.3 is 10.1 Å². The van der Waals surface area contributed by atoms with Crippen LogP contribution in [0.5, 0.6) is 0 Å². The van der Waals surface area contributed by atoms with Crippen LogP contribution in [0.2, 0.25) is 0 Å². The minimum Gasteiger partial charge on any atom is -0.464 e. The van der Waals surface area contributed by atoms with Crippen molar-refractivity contribution in [3.63, 3.8) is 0 Å². The van der Waals surface area contributed by atoms with Crippen LogP contribution in [0.4, 0.5) is 5.69 Å². The second-order valence-corrected chi connectivity index (χ2v) is 4.22. The first-order valence-corrected chi connectivity index (χ1v) is 6.09. The number of nitrogens with one attached hydrogen (secondary N) is 1. The third-order valence-electron chi connectivity index (χ3n) is 2.58. The lowest BCUT2D eigenvalue weighted by molar-refractivity contribution is -0.385. The van der Waals surface area contributed by atoms with Crippen LogP contribution in [0.1, 0.15) is 29.8 Å². The van der Waals surface area contributed by atoms with Gasteiger partial charge in [0.25, 0.3) is 11.6 Å². The van der Waals surface area contributed by atoms with E-state index in [2.05, 4.69) is 5.32 Å². The van der Waals surface area contributed by atoms with Gasteiger partial charge in [-0.05, 0) is 32.4 Å². The first-order valence-electron chi connectivity index (χ1n) is 6.09. The number of esters is 1. The summed E-state index contributed by atoms with van der Waals surface area (Å²) in [7, 11) is 0. The van der Waals surface area contributed by atoms with E-state index in [1.807, 2.05) is 0 Å². The number of nitro benzene ring substituents is 1. The Balaban J connectivity index is 2.93. The molecule has 0 aliphatic rings. The van der Waals surface area contributed by atoms with E-state index in [1.165, 1.54) is 19.1 Å². The van der Waals surface area contributed by atoms with Crippen LogP contribution in [-0.2, 0) is 9.53 Å². The molecule has 0 saturated carbocycles. The van der Waals surface area contributed by atoms with Crippen molar-refractivity contribution in [2.24, 2.45) is 0 Å². The van der Waals surface area contributed by atoms with E-state index < -0.39 is 22.8 Å². The van der Waals surface area contributed by atoms with Gasteiger partial charge in [-0.2, -0.15) is 0 Å². The molecule has 0 aliphatic heterocycles. The average molecular weight is 280 g/mol. The second-order valence-electron chi connectivity index (χ2n) is 4.22. The molecule has 0 aromatic heterocycles. The van der Waals surface area contributed by atoms with Crippen LogP contribution in [0.15, 0.2) is 18.2 Å². The second kappa shape index (κ2) is 6.65. The van der Waals surface area contributed by atoms with Gasteiger partial charge in [-0.1, -0.05) is 6.07 Å². The fourth-order valence-electron chi connectivity index (χ4n) is 1.59. The zero-order chi connectivity index (χ0) is 15.3. The topological polar surface area (TPSA) is 98.5 Å². The largest absolute Gasteiger partial charge is 0.464 e. The predicted octanol–water partition coefficient (Wildman–Crippen LogP) is 1.58. The average Bonchev–Trinajstić information content (AvgIpc) is 2.38. The third kappa shape index (κ3) is 3.78. The molecular formula is C13H16N2O5. The van der Waals surface area contributed by atoms with Crippen LogP contribution >= 0.6 is 0 Å². The number of amides is 1. The van der Waals surface area contributed by atoms with Gasteiger partial charge in [0.15, 0.2) is 0 Å². The highest BCUT2D eigenvalue weighted by molar-refractivity contribution is 6.00. The fraction of sp³-hybridized carbons (Fsp3) is 0.385. The zero-order valence-electron chi connectivity index (χ0n) is 11.5. The van der Waals surface area contributed by atoms with E-state index in [0.29, 0.717) is 5.56 Å². The zero-order valence-corrected chi connectivity index (χ0v) is 11.5. The third-order valence-corrected chi connectivity index (χ3v) is 2.58. The Hall–Kier alpha value is -2.44. The van der Waals surface area contributed by atoms with Gasteiger partial charge in [-0.15, -0.1) is 0 Å². The van der Waals surface area contributed by atoms with Gasteiger partial charge >= 0.3 is 5.97 Å². The van der Waals surface area contributed by atoms with Gasteiger partial charge in [-0.3, -0.25) is 14.9 Å². The lowest BCUT2D eigenvalue weighted by Gasteiger charge is -2.12. The SMILES string of the molecule is CCOC(=O)C(C)NC(=O)c1ccc(C)cc1[N+](=O)[O-]. The number of hydrogen-bond acceptors (Lipinski definition) is 5. The maximum atomic E-state index is 12.0. The maximum Gasteiger partial charge on any atom is 0.328 e. The quantitative estimate of drug-likeness (QED) is 0.501. The first-order chi connectivity index (χ1) is 9.36. The molecule has 108 valence electrons. The van der Waals surface area contributed by atoms with Gasteiger partial charge in [0, 0.05) is 6.07 Å². The Labute approximate surface area is 116 Å². The summed E-state index contributed by atoms with van der Waals surface area (Å²) < 4.78 is 4.75. The molecule has 20 heavy (non-hydrogen) atoms. The number of rotatable bonds is 5. The summed E-state index contributed by atoms with van der Waals surface area (Å²) in [5.74, 6) is -1.27. The highest BCUT2D eigenvalue weighted by Gasteiger charge is 2.23.